The normalized spacial score (nSPS) is 15.9. The maximum absolute atomic E-state index is 12.7. The molecule has 1 aliphatic rings. The van der Waals surface area contributed by atoms with Crippen molar-refractivity contribution in [2.75, 3.05) is 5.32 Å². The Labute approximate surface area is 145 Å². The number of carbonyl (C=O) groups excluding carboxylic acids is 1. The van der Waals surface area contributed by atoms with Crippen LogP contribution in [-0.4, -0.2) is 10.9 Å². The maximum atomic E-state index is 12.7. The first-order valence-corrected chi connectivity index (χ1v) is 7.78. The molecule has 1 aliphatic carbocycles. The number of rotatable bonds is 3. The number of pyridine rings is 1. The predicted octanol–water partition coefficient (Wildman–Crippen LogP) is 5.08. The first-order chi connectivity index (χ1) is 11.2. The van der Waals surface area contributed by atoms with Crippen molar-refractivity contribution >= 4 is 34.8 Å². The average Bonchev–Trinajstić information content (AvgIpc) is 3.30. The Bertz CT molecular complexity index is 787. The van der Waals surface area contributed by atoms with Gasteiger partial charge in [-0.25, -0.2) is 0 Å². The minimum absolute atomic E-state index is 0.159. The molecule has 1 aromatic carbocycles. The van der Waals surface area contributed by atoms with Crippen LogP contribution in [-0.2, 0) is 16.4 Å². The maximum Gasteiger partial charge on any atom is 0.417 e. The molecule has 0 atom stereocenters. The quantitative estimate of drug-likeness (QED) is 0.813. The van der Waals surface area contributed by atoms with Crippen LogP contribution >= 0.6 is 23.2 Å². The summed E-state index contributed by atoms with van der Waals surface area (Å²) in [4.78, 5) is 16.4. The predicted molar refractivity (Wildman–Crippen MR) is 85.2 cm³/mol. The molecule has 8 heteroatoms. The summed E-state index contributed by atoms with van der Waals surface area (Å²) in [7, 11) is 0. The zero-order valence-corrected chi connectivity index (χ0v) is 13.6. The fourth-order valence-electron chi connectivity index (χ4n) is 2.43. The molecule has 1 aromatic heterocycles. The van der Waals surface area contributed by atoms with Crippen molar-refractivity contribution in [2.45, 2.75) is 24.4 Å². The van der Waals surface area contributed by atoms with Crippen molar-refractivity contribution in [1.29, 1.82) is 0 Å². The van der Waals surface area contributed by atoms with Crippen LogP contribution in [0.4, 0.5) is 18.9 Å². The van der Waals surface area contributed by atoms with Gasteiger partial charge in [-0.05, 0) is 43.2 Å². The number of anilines is 1. The van der Waals surface area contributed by atoms with Gasteiger partial charge in [0.1, 0.15) is 0 Å². The molecular formula is C16H11Cl2F3N2O. The third-order valence-electron chi connectivity index (χ3n) is 3.91. The van der Waals surface area contributed by atoms with E-state index in [1.54, 1.807) is 24.3 Å². The average molecular weight is 375 g/mol. The molecule has 0 radical (unpaired) electrons. The van der Waals surface area contributed by atoms with Gasteiger partial charge in [0, 0.05) is 16.9 Å². The van der Waals surface area contributed by atoms with E-state index < -0.39 is 17.2 Å². The molecule has 0 saturated heterocycles. The first kappa shape index (κ1) is 17.0. The van der Waals surface area contributed by atoms with Crippen LogP contribution in [0.3, 0.4) is 0 Å². The number of nitrogens with one attached hydrogen (secondary N) is 1. The van der Waals surface area contributed by atoms with Gasteiger partial charge < -0.3 is 5.32 Å². The molecule has 0 spiro atoms. The van der Waals surface area contributed by atoms with E-state index in [1.807, 2.05) is 0 Å². The SMILES string of the molecule is O=C(Nc1ccc(Cl)cc1)C1(c2ncc(C(F)(F)F)cc2Cl)CC1. The lowest BCUT2D eigenvalue weighted by Gasteiger charge is -2.17. The van der Waals surface area contributed by atoms with Crippen molar-refractivity contribution in [3.63, 3.8) is 0 Å². The van der Waals surface area contributed by atoms with Crippen LogP contribution < -0.4 is 5.32 Å². The summed E-state index contributed by atoms with van der Waals surface area (Å²) in [6, 6.07) is 7.33. The smallest absolute Gasteiger partial charge is 0.325 e. The number of nitrogens with zero attached hydrogens (tertiary/aromatic N) is 1. The topological polar surface area (TPSA) is 42.0 Å². The van der Waals surface area contributed by atoms with Gasteiger partial charge in [-0.3, -0.25) is 9.78 Å². The van der Waals surface area contributed by atoms with Crippen molar-refractivity contribution in [2.24, 2.45) is 0 Å². The molecule has 0 bridgehead atoms. The van der Waals surface area contributed by atoms with E-state index in [0.29, 0.717) is 29.7 Å². The van der Waals surface area contributed by atoms with Crippen molar-refractivity contribution in [3.8, 4) is 0 Å². The summed E-state index contributed by atoms with van der Waals surface area (Å²) in [6.07, 6.45) is -2.87. The molecule has 1 N–H and O–H groups in total. The van der Waals surface area contributed by atoms with Gasteiger partial charge in [-0.1, -0.05) is 23.2 Å². The molecule has 1 amide bonds. The summed E-state index contributed by atoms with van der Waals surface area (Å²) >= 11 is 11.8. The lowest BCUT2D eigenvalue weighted by Crippen LogP contribution is -2.29. The highest BCUT2D eigenvalue weighted by atomic mass is 35.5. The molecule has 1 fully saturated rings. The van der Waals surface area contributed by atoms with Crippen molar-refractivity contribution < 1.29 is 18.0 Å². The Morgan fingerprint density at radius 1 is 1.17 bits per heavy atom. The highest BCUT2D eigenvalue weighted by molar-refractivity contribution is 6.32. The van der Waals surface area contributed by atoms with Crippen LogP contribution in [0.2, 0.25) is 10.0 Å². The lowest BCUT2D eigenvalue weighted by atomic mass is 9.99. The number of amides is 1. The summed E-state index contributed by atoms with van der Waals surface area (Å²) in [5.74, 6) is -0.348. The van der Waals surface area contributed by atoms with Gasteiger partial charge in [-0.2, -0.15) is 13.2 Å². The highest BCUT2D eigenvalue weighted by Gasteiger charge is 2.54. The number of benzene rings is 1. The third kappa shape index (κ3) is 3.21. The second-order valence-corrected chi connectivity index (χ2v) is 6.44. The number of hydrogen-bond donors (Lipinski definition) is 1. The Hall–Kier alpha value is -1.79. The second-order valence-electron chi connectivity index (χ2n) is 5.60. The van der Waals surface area contributed by atoms with E-state index in [2.05, 4.69) is 10.3 Å². The molecule has 1 heterocycles. The molecule has 3 nitrogen and oxygen atoms in total. The molecule has 1 saturated carbocycles. The van der Waals surface area contributed by atoms with E-state index in [0.717, 1.165) is 6.07 Å². The minimum Gasteiger partial charge on any atom is -0.325 e. The molecule has 0 aliphatic heterocycles. The Kier molecular flexibility index (Phi) is 4.21. The number of hydrogen-bond acceptors (Lipinski definition) is 2. The Morgan fingerprint density at radius 2 is 1.79 bits per heavy atom. The fraction of sp³-hybridized carbons (Fsp3) is 0.250. The van der Waals surface area contributed by atoms with E-state index in [-0.39, 0.29) is 16.6 Å². The van der Waals surface area contributed by atoms with Crippen LogP contribution in [0.5, 0.6) is 0 Å². The summed E-state index contributed by atoms with van der Waals surface area (Å²) in [6.45, 7) is 0. The van der Waals surface area contributed by atoms with Crippen LogP contribution in [0, 0.1) is 0 Å². The second kappa shape index (κ2) is 5.93. The summed E-state index contributed by atoms with van der Waals surface area (Å²) in [5, 5.41) is 3.09. The summed E-state index contributed by atoms with van der Waals surface area (Å²) < 4.78 is 38.1. The van der Waals surface area contributed by atoms with E-state index in [4.69, 9.17) is 23.2 Å². The van der Waals surface area contributed by atoms with E-state index in [1.165, 1.54) is 0 Å². The van der Waals surface area contributed by atoms with Crippen molar-refractivity contribution in [1.82, 2.24) is 4.98 Å². The Balaban J connectivity index is 1.85. The van der Waals surface area contributed by atoms with Gasteiger partial charge in [-0.15, -0.1) is 0 Å². The highest BCUT2D eigenvalue weighted by Crippen LogP contribution is 2.50. The third-order valence-corrected chi connectivity index (χ3v) is 4.45. The van der Waals surface area contributed by atoms with E-state index in [9.17, 15) is 18.0 Å². The fourth-order valence-corrected chi connectivity index (χ4v) is 2.90. The molecule has 2 aromatic rings. The molecule has 0 unspecified atom stereocenters. The van der Waals surface area contributed by atoms with Crippen LogP contribution in [0.25, 0.3) is 0 Å². The van der Waals surface area contributed by atoms with Gasteiger partial charge in [0.2, 0.25) is 5.91 Å². The standard InChI is InChI=1S/C16H11Cl2F3N2O/c17-10-1-3-11(4-2-10)23-14(24)15(5-6-15)13-12(18)7-9(8-22-13)16(19,20)21/h1-4,7-8H,5-6H2,(H,23,24). The summed E-state index contributed by atoms with van der Waals surface area (Å²) in [5.41, 5.74) is -1.21. The zero-order chi connectivity index (χ0) is 17.5. The van der Waals surface area contributed by atoms with Gasteiger partial charge in [0.15, 0.2) is 0 Å². The van der Waals surface area contributed by atoms with E-state index >= 15 is 0 Å². The van der Waals surface area contributed by atoms with Crippen molar-refractivity contribution in [3.05, 3.63) is 57.8 Å². The van der Waals surface area contributed by atoms with Gasteiger partial charge in [0.05, 0.1) is 21.7 Å². The van der Waals surface area contributed by atoms with Crippen LogP contribution in [0.15, 0.2) is 36.5 Å². The first-order valence-electron chi connectivity index (χ1n) is 7.03. The van der Waals surface area contributed by atoms with Gasteiger partial charge in [0.25, 0.3) is 0 Å². The number of alkyl halides is 3. The molecule has 3 rings (SSSR count). The monoisotopic (exact) mass is 374 g/mol. The number of halogens is 5. The Morgan fingerprint density at radius 3 is 2.29 bits per heavy atom. The molecular weight excluding hydrogens is 364 g/mol. The van der Waals surface area contributed by atoms with Crippen LogP contribution in [0.1, 0.15) is 24.1 Å². The zero-order valence-electron chi connectivity index (χ0n) is 12.1. The molecule has 126 valence electrons. The van der Waals surface area contributed by atoms with Gasteiger partial charge >= 0.3 is 6.18 Å². The number of carbonyl (C=O) groups is 1. The lowest BCUT2D eigenvalue weighted by molar-refractivity contribution is -0.137. The largest absolute Gasteiger partial charge is 0.417 e. The molecule has 24 heavy (non-hydrogen) atoms. The minimum atomic E-state index is -4.53. The number of aromatic nitrogens is 1.